The van der Waals surface area contributed by atoms with Crippen LogP contribution in [-0.2, 0) is 33.9 Å². The Morgan fingerprint density at radius 3 is 2.52 bits per heavy atom. The first-order valence-electron chi connectivity index (χ1n) is 12.4. The number of benzene rings is 1. The van der Waals surface area contributed by atoms with Gasteiger partial charge in [-0.05, 0) is 42.7 Å². The summed E-state index contributed by atoms with van der Waals surface area (Å²) < 4.78 is 68.8. The third kappa shape index (κ3) is 5.48. The number of primary amides is 1. The third-order valence-corrected chi connectivity index (χ3v) is 10.3. The van der Waals surface area contributed by atoms with E-state index in [0.717, 1.165) is 0 Å². The number of hydrogen-bond acceptors (Lipinski definition) is 6. The number of nitrogens with one attached hydrogen (secondary N) is 1. The number of halogens is 5. The van der Waals surface area contributed by atoms with Gasteiger partial charge in [-0.15, -0.1) is 11.6 Å². The zero-order valence-corrected chi connectivity index (χ0v) is 23.8. The topological polar surface area (TPSA) is 135 Å². The number of likely N-dealkylation sites (tertiary alicyclic amines) is 1. The second-order valence-electron chi connectivity index (χ2n) is 9.87. The molecule has 0 bridgehead atoms. The molecule has 0 spiro atoms. The monoisotopic (exact) mass is 622 g/mol. The summed E-state index contributed by atoms with van der Waals surface area (Å²) in [4.78, 5) is 42.2. The predicted molar refractivity (Wildman–Crippen MR) is 146 cm³/mol. The maximum Gasteiger partial charge on any atom is 0.416 e. The number of carbonyl (C=O) groups is 1. The highest BCUT2D eigenvalue weighted by molar-refractivity contribution is 7.95. The molecule has 1 aromatic carbocycles. The Balaban J connectivity index is 1.92. The van der Waals surface area contributed by atoms with Crippen molar-refractivity contribution in [1.29, 1.82) is 0 Å². The number of allylic oxidation sites excluding steroid dienone is 3. The van der Waals surface area contributed by atoms with Crippen molar-refractivity contribution in [3.63, 3.8) is 0 Å². The highest BCUT2D eigenvalue weighted by Gasteiger charge is 2.38. The van der Waals surface area contributed by atoms with E-state index in [4.69, 9.17) is 28.9 Å². The van der Waals surface area contributed by atoms with E-state index in [0.29, 0.717) is 30.0 Å². The molecule has 0 saturated carbocycles. The van der Waals surface area contributed by atoms with E-state index in [1.165, 1.54) is 24.0 Å². The molecule has 3 atom stereocenters. The summed E-state index contributed by atoms with van der Waals surface area (Å²) in [5, 5.41) is -1.62. The lowest BCUT2D eigenvalue weighted by atomic mass is 9.92. The molecule has 1 aromatic heterocycles. The van der Waals surface area contributed by atoms with Crippen LogP contribution >= 0.6 is 23.2 Å². The number of hydrogen-bond donors (Lipinski definition) is 2. The van der Waals surface area contributed by atoms with E-state index in [1.54, 1.807) is 6.92 Å². The van der Waals surface area contributed by atoms with Gasteiger partial charge in [-0.1, -0.05) is 31.5 Å². The molecule has 1 aliphatic heterocycles. The van der Waals surface area contributed by atoms with E-state index < -0.39 is 78.6 Å². The molecular formula is C25H27Cl2F3N4O5S. The number of alkyl halides is 4. The van der Waals surface area contributed by atoms with Crippen molar-refractivity contribution in [3.8, 4) is 0 Å². The Kier molecular flexibility index (Phi) is 8.34. The Bertz CT molecular complexity index is 1660. The van der Waals surface area contributed by atoms with Crippen molar-refractivity contribution >= 4 is 49.8 Å². The van der Waals surface area contributed by atoms with Crippen molar-refractivity contribution in [2.24, 2.45) is 11.7 Å². The summed E-state index contributed by atoms with van der Waals surface area (Å²) >= 11 is 12.7. The molecule has 1 saturated heterocycles. The molecule has 2 aliphatic rings. The van der Waals surface area contributed by atoms with Crippen LogP contribution in [0.3, 0.4) is 0 Å². The molecular weight excluding hydrogens is 596 g/mol. The second kappa shape index (κ2) is 11.0. The van der Waals surface area contributed by atoms with Gasteiger partial charge < -0.3 is 10.7 Å². The quantitative estimate of drug-likeness (QED) is 0.455. The number of amides is 1. The lowest BCUT2D eigenvalue weighted by molar-refractivity contribution is -0.138. The van der Waals surface area contributed by atoms with Gasteiger partial charge in [0.05, 0.1) is 50.1 Å². The van der Waals surface area contributed by atoms with Crippen molar-refractivity contribution in [1.82, 2.24) is 14.5 Å². The number of fused-ring (bicyclic) bond motifs is 1. The van der Waals surface area contributed by atoms with E-state index in [1.807, 2.05) is 0 Å². The van der Waals surface area contributed by atoms with E-state index >= 15 is 0 Å². The van der Waals surface area contributed by atoms with Crippen molar-refractivity contribution in [2.75, 3.05) is 12.3 Å². The number of H-pyrrole nitrogens is 1. The fourth-order valence-electron chi connectivity index (χ4n) is 5.21. The highest BCUT2D eigenvalue weighted by atomic mass is 35.5. The highest BCUT2D eigenvalue weighted by Crippen LogP contribution is 2.39. The zero-order valence-electron chi connectivity index (χ0n) is 21.5. The standard InChI is InChI=1S/C25H27Cl2F3N4O5S/c1-3-40(38,39)19-7-6-17(26)12(2)14(19)11-34-23(36)13-9-16(25(28,29)30)15(20(27)21(13)32-24(34)37)10-33-8-4-5-18(33)22(31)35/h6-7,9,12,17-18H,3-5,8,10-11H2,1-2H3,(H2,31,35)(H,32,37)/t12?,17?,18-/m1/s1. The number of nitrogens with zero attached hydrogens (tertiary/aromatic N) is 2. The van der Waals surface area contributed by atoms with Gasteiger partial charge in [-0.2, -0.15) is 13.2 Å². The SMILES string of the molecule is CCS(=O)(=O)C1=C(Cn2c(=O)[nH]c3c(Cl)c(CN4CCC[C@@H]4C(N)=O)c(C(F)(F)F)cc3c2=O)C(C)C(Cl)C=C1. The summed E-state index contributed by atoms with van der Waals surface area (Å²) in [6, 6.07) is -0.160. The zero-order chi connectivity index (χ0) is 29.7. The minimum Gasteiger partial charge on any atom is -0.368 e. The molecule has 9 nitrogen and oxygen atoms in total. The molecule has 0 radical (unpaired) electrons. The molecule has 40 heavy (non-hydrogen) atoms. The van der Waals surface area contributed by atoms with Gasteiger partial charge in [0.2, 0.25) is 5.91 Å². The van der Waals surface area contributed by atoms with Gasteiger partial charge >= 0.3 is 11.9 Å². The van der Waals surface area contributed by atoms with Crippen LogP contribution in [0.15, 0.2) is 38.3 Å². The summed E-state index contributed by atoms with van der Waals surface area (Å²) in [5.41, 5.74) is 1.62. The molecule has 15 heteroatoms. The minimum absolute atomic E-state index is 0.0928. The van der Waals surface area contributed by atoms with E-state index in [9.17, 15) is 36.0 Å². The van der Waals surface area contributed by atoms with Gasteiger partial charge in [0.25, 0.3) is 5.56 Å². The number of aromatic amines is 1. The Hall–Kier alpha value is -2.61. The van der Waals surface area contributed by atoms with Gasteiger partial charge in [0, 0.05) is 12.5 Å². The van der Waals surface area contributed by atoms with Gasteiger partial charge in [-0.3, -0.25) is 19.1 Å². The number of carbonyl (C=O) groups excluding carboxylic acids is 1. The number of nitrogens with two attached hydrogens (primary N) is 1. The third-order valence-electron chi connectivity index (χ3n) is 7.50. The average molecular weight is 623 g/mol. The maximum absolute atomic E-state index is 14.2. The largest absolute Gasteiger partial charge is 0.416 e. The van der Waals surface area contributed by atoms with Crippen LogP contribution in [0.5, 0.6) is 0 Å². The lowest BCUT2D eigenvalue weighted by Gasteiger charge is -2.26. The molecule has 4 rings (SSSR count). The molecule has 1 aliphatic carbocycles. The molecule has 1 fully saturated rings. The first-order chi connectivity index (χ1) is 18.6. The maximum atomic E-state index is 14.2. The normalized spacial score (nSPS) is 22.4. The van der Waals surface area contributed by atoms with Crippen molar-refractivity contribution in [2.45, 2.75) is 57.4 Å². The molecule has 2 heterocycles. The number of aromatic nitrogens is 2. The summed E-state index contributed by atoms with van der Waals surface area (Å²) in [7, 11) is -3.78. The van der Waals surface area contributed by atoms with Crippen LogP contribution in [-0.4, -0.2) is 52.5 Å². The first kappa shape index (κ1) is 30.4. The first-order valence-corrected chi connectivity index (χ1v) is 14.9. The van der Waals surface area contributed by atoms with Gasteiger partial charge in [0.15, 0.2) is 9.84 Å². The second-order valence-corrected chi connectivity index (χ2v) is 13.0. The van der Waals surface area contributed by atoms with Crippen LogP contribution in [0.25, 0.3) is 10.9 Å². The lowest BCUT2D eigenvalue weighted by Crippen LogP contribution is -2.40. The van der Waals surface area contributed by atoms with Crippen molar-refractivity contribution < 1.29 is 26.4 Å². The number of rotatable bonds is 7. The molecule has 218 valence electrons. The van der Waals surface area contributed by atoms with Gasteiger partial charge in [0.1, 0.15) is 0 Å². The van der Waals surface area contributed by atoms with E-state index in [2.05, 4.69) is 4.98 Å². The summed E-state index contributed by atoms with van der Waals surface area (Å²) in [6.45, 7) is 2.48. The molecule has 2 aromatic rings. The summed E-state index contributed by atoms with van der Waals surface area (Å²) in [6.07, 6.45) is -1.20. The molecule has 2 unspecified atom stereocenters. The molecule has 3 N–H and O–H groups in total. The van der Waals surface area contributed by atoms with Crippen LogP contribution in [0.4, 0.5) is 13.2 Å². The van der Waals surface area contributed by atoms with Crippen LogP contribution in [0.1, 0.15) is 37.8 Å². The fourth-order valence-corrected chi connectivity index (χ4v) is 6.99. The average Bonchev–Trinajstić information content (AvgIpc) is 3.34. The smallest absolute Gasteiger partial charge is 0.368 e. The van der Waals surface area contributed by atoms with Gasteiger partial charge in [-0.25, -0.2) is 13.2 Å². The van der Waals surface area contributed by atoms with Crippen LogP contribution in [0.2, 0.25) is 5.02 Å². The van der Waals surface area contributed by atoms with Crippen molar-refractivity contribution in [3.05, 3.63) is 65.7 Å². The predicted octanol–water partition coefficient (Wildman–Crippen LogP) is 3.31. The Morgan fingerprint density at radius 2 is 1.93 bits per heavy atom. The fraction of sp³-hybridized carbons (Fsp3) is 0.480. The Morgan fingerprint density at radius 1 is 1.25 bits per heavy atom. The minimum atomic E-state index is -4.93. The van der Waals surface area contributed by atoms with E-state index in [-0.39, 0.29) is 28.3 Å². The molecule has 1 amide bonds. The van der Waals surface area contributed by atoms with Crippen LogP contribution in [0, 0.1) is 5.92 Å². The number of sulfone groups is 1. The Labute approximate surface area is 237 Å². The van der Waals surface area contributed by atoms with Crippen LogP contribution < -0.4 is 17.0 Å². The summed E-state index contributed by atoms with van der Waals surface area (Å²) in [5.74, 6) is -1.52.